The van der Waals surface area contributed by atoms with Crippen LogP contribution in [0.4, 0.5) is 0 Å². The van der Waals surface area contributed by atoms with Gasteiger partial charge in [0, 0.05) is 18.6 Å². The third-order valence-electron chi connectivity index (χ3n) is 3.15. The molecule has 0 radical (unpaired) electrons. The van der Waals surface area contributed by atoms with E-state index in [0.717, 1.165) is 0 Å². The summed E-state index contributed by atoms with van der Waals surface area (Å²) in [5.41, 5.74) is 0. The lowest BCUT2D eigenvalue weighted by atomic mass is 10.3. The number of aromatic nitrogens is 2. The second-order valence-corrected chi connectivity index (χ2v) is 6.25. The van der Waals surface area contributed by atoms with Crippen LogP contribution >= 0.6 is 0 Å². The van der Waals surface area contributed by atoms with Crippen molar-refractivity contribution >= 4 is 10.0 Å². The lowest BCUT2D eigenvalue weighted by Gasteiger charge is -2.24. The van der Waals surface area contributed by atoms with E-state index < -0.39 is 10.0 Å². The summed E-state index contributed by atoms with van der Waals surface area (Å²) in [6.45, 7) is 2.43. The molecule has 0 amide bonds. The summed E-state index contributed by atoms with van der Waals surface area (Å²) in [6, 6.07) is 2.26. The van der Waals surface area contributed by atoms with E-state index in [0.29, 0.717) is 12.6 Å². The molecule has 1 aromatic heterocycles. The second kappa shape index (κ2) is 4.75. The van der Waals surface area contributed by atoms with Crippen LogP contribution in [-0.4, -0.2) is 49.2 Å². The SMILES string of the molecule is CC(CNS(=O)(=O)c1ccn[nH]1)N(C)C1CC1. The summed E-state index contributed by atoms with van der Waals surface area (Å²) in [5.74, 6) is 0. The highest BCUT2D eigenvalue weighted by molar-refractivity contribution is 7.89. The van der Waals surface area contributed by atoms with Crippen LogP contribution in [0.15, 0.2) is 17.3 Å². The van der Waals surface area contributed by atoms with Crippen LogP contribution in [0.1, 0.15) is 19.8 Å². The number of hydrogen-bond donors (Lipinski definition) is 2. The molecule has 1 heterocycles. The number of aromatic amines is 1. The van der Waals surface area contributed by atoms with Crippen molar-refractivity contribution < 1.29 is 8.42 Å². The molecule has 0 aliphatic heterocycles. The molecule has 2 rings (SSSR count). The highest BCUT2D eigenvalue weighted by Gasteiger charge is 2.29. The highest BCUT2D eigenvalue weighted by Crippen LogP contribution is 2.26. The van der Waals surface area contributed by atoms with Gasteiger partial charge in [-0.2, -0.15) is 5.10 Å². The van der Waals surface area contributed by atoms with Crippen molar-refractivity contribution in [2.45, 2.75) is 36.9 Å². The molecule has 1 unspecified atom stereocenters. The zero-order valence-corrected chi connectivity index (χ0v) is 10.9. The van der Waals surface area contributed by atoms with Gasteiger partial charge in [0.2, 0.25) is 0 Å². The highest BCUT2D eigenvalue weighted by atomic mass is 32.2. The Bertz CT molecular complexity index is 453. The molecule has 0 bridgehead atoms. The van der Waals surface area contributed by atoms with Crippen LogP contribution in [0.5, 0.6) is 0 Å². The largest absolute Gasteiger partial charge is 0.299 e. The van der Waals surface area contributed by atoms with E-state index in [-0.39, 0.29) is 11.1 Å². The van der Waals surface area contributed by atoms with Gasteiger partial charge in [-0.25, -0.2) is 13.1 Å². The van der Waals surface area contributed by atoms with E-state index in [2.05, 4.69) is 19.8 Å². The number of likely N-dealkylation sites (N-methyl/N-ethyl adjacent to an activating group) is 1. The molecule has 1 aliphatic rings. The van der Waals surface area contributed by atoms with E-state index in [1.165, 1.54) is 25.1 Å². The zero-order valence-electron chi connectivity index (χ0n) is 10.0. The minimum Gasteiger partial charge on any atom is -0.299 e. The van der Waals surface area contributed by atoms with Crippen molar-refractivity contribution in [2.75, 3.05) is 13.6 Å². The van der Waals surface area contributed by atoms with Gasteiger partial charge in [-0.1, -0.05) is 0 Å². The maximum absolute atomic E-state index is 11.8. The summed E-state index contributed by atoms with van der Waals surface area (Å²) in [6.07, 6.45) is 3.86. The maximum Gasteiger partial charge on any atom is 0.257 e. The molecule has 1 aromatic rings. The Morgan fingerprint density at radius 2 is 2.35 bits per heavy atom. The normalized spacial score (nSPS) is 18.5. The maximum atomic E-state index is 11.8. The standard InChI is InChI=1S/C10H18N4O2S/c1-8(14(2)9-3-4-9)7-12-17(15,16)10-5-6-11-13-10/h5-6,8-9,12H,3-4,7H2,1-2H3,(H,11,13). The minimum atomic E-state index is -3.45. The lowest BCUT2D eigenvalue weighted by Crippen LogP contribution is -2.41. The first-order valence-corrected chi connectivity index (χ1v) is 7.20. The van der Waals surface area contributed by atoms with E-state index in [1.807, 2.05) is 14.0 Å². The van der Waals surface area contributed by atoms with Gasteiger partial charge >= 0.3 is 0 Å². The van der Waals surface area contributed by atoms with Gasteiger partial charge in [0.25, 0.3) is 10.0 Å². The molecule has 1 saturated carbocycles. The summed E-state index contributed by atoms with van der Waals surface area (Å²) >= 11 is 0. The Labute approximate surface area is 101 Å². The fraction of sp³-hybridized carbons (Fsp3) is 0.700. The molecular formula is C10H18N4O2S. The number of sulfonamides is 1. The molecule has 17 heavy (non-hydrogen) atoms. The Balaban J connectivity index is 1.89. The molecule has 1 fully saturated rings. The number of H-pyrrole nitrogens is 1. The number of nitrogens with zero attached hydrogens (tertiary/aromatic N) is 2. The number of hydrogen-bond acceptors (Lipinski definition) is 4. The van der Waals surface area contributed by atoms with E-state index in [4.69, 9.17) is 0 Å². The van der Waals surface area contributed by atoms with Crippen LogP contribution in [0.2, 0.25) is 0 Å². The molecule has 1 atom stereocenters. The molecule has 2 N–H and O–H groups in total. The van der Waals surface area contributed by atoms with Crippen molar-refractivity contribution in [3.63, 3.8) is 0 Å². The van der Waals surface area contributed by atoms with Gasteiger partial charge < -0.3 is 0 Å². The zero-order chi connectivity index (χ0) is 12.5. The lowest BCUT2D eigenvalue weighted by molar-refractivity contribution is 0.248. The van der Waals surface area contributed by atoms with Crippen molar-refractivity contribution in [2.24, 2.45) is 0 Å². The van der Waals surface area contributed by atoms with Crippen molar-refractivity contribution in [1.82, 2.24) is 19.8 Å². The first kappa shape index (κ1) is 12.5. The Hall–Kier alpha value is -0.920. The quantitative estimate of drug-likeness (QED) is 0.762. The van der Waals surface area contributed by atoms with Crippen LogP contribution in [0, 0.1) is 0 Å². The minimum absolute atomic E-state index is 0.110. The topological polar surface area (TPSA) is 78.1 Å². The van der Waals surface area contributed by atoms with Crippen LogP contribution in [-0.2, 0) is 10.0 Å². The monoisotopic (exact) mass is 258 g/mol. The summed E-state index contributed by atoms with van der Waals surface area (Å²) in [7, 11) is -1.41. The van der Waals surface area contributed by atoms with Crippen molar-refractivity contribution in [3.05, 3.63) is 12.3 Å². The number of rotatable bonds is 6. The summed E-state index contributed by atoms with van der Waals surface area (Å²) in [5, 5.41) is 6.20. The Morgan fingerprint density at radius 3 is 2.88 bits per heavy atom. The number of nitrogens with one attached hydrogen (secondary N) is 2. The predicted octanol–water partition coefficient (Wildman–Crippen LogP) is 0.171. The van der Waals surface area contributed by atoms with Gasteiger partial charge in [0.1, 0.15) is 0 Å². The van der Waals surface area contributed by atoms with E-state index in [1.54, 1.807) is 0 Å². The van der Waals surface area contributed by atoms with Gasteiger partial charge in [-0.3, -0.25) is 10.00 Å². The molecule has 6 nitrogen and oxygen atoms in total. The van der Waals surface area contributed by atoms with Crippen molar-refractivity contribution in [1.29, 1.82) is 0 Å². The first-order valence-electron chi connectivity index (χ1n) is 5.71. The first-order chi connectivity index (χ1) is 8.00. The van der Waals surface area contributed by atoms with Gasteiger partial charge in [0.15, 0.2) is 5.03 Å². The molecule has 0 saturated heterocycles. The molecule has 0 spiro atoms. The summed E-state index contributed by atoms with van der Waals surface area (Å²) < 4.78 is 26.2. The smallest absolute Gasteiger partial charge is 0.257 e. The van der Waals surface area contributed by atoms with Crippen LogP contribution < -0.4 is 4.72 Å². The Kier molecular flexibility index (Phi) is 3.50. The van der Waals surface area contributed by atoms with Gasteiger partial charge in [0.05, 0.1) is 6.20 Å². The van der Waals surface area contributed by atoms with Crippen LogP contribution in [0.25, 0.3) is 0 Å². The predicted molar refractivity (Wildman–Crippen MR) is 64.0 cm³/mol. The van der Waals surface area contributed by atoms with Gasteiger partial charge in [-0.15, -0.1) is 0 Å². The molecule has 7 heteroatoms. The third-order valence-corrected chi connectivity index (χ3v) is 4.50. The second-order valence-electron chi connectivity index (χ2n) is 4.52. The average molecular weight is 258 g/mol. The van der Waals surface area contributed by atoms with E-state index in [9.17, 15) is 8.42 Å². The molecular weight excluding hydrogens is 240 g/mol. The average Bonchev–Trinajstić information content (AvgIpc) is 2.99. The molecule has 96 valence electrons. The summed E-state index contributed by atoms with van der Waals surface area (Å²) in [4.78, 5) is 2.22. The fourth-order valence-corrected chi connectivity index (χ4v) is 2.72. The fourth-order valence-electron chi connectivity index (χ4n) is 1.69. The van der Waals surface area contributed by atoms with Crippen molar-refractivity contribution in [3.8, 4) is 0 Å². The Morgan fingerprint density at radius 1 is 1.65 bits per heavy atom. The van der Waals surface area contributed by atoms with Gasteiger partial charge in [-0.05, 0) is 32.9 Å². The van der Waals surface area contributed by atoms with E-state index >= 15 is 0 Å². The van der Waals surface area contributed by atoms with Crippen LogP contribution in [0.3, 0.4) is 0 Å². The molecule has 1 aliphatic carbocycles. The molecule has 0 aromatic carbocycles. The third kappa shape index (κ3) is 3.05.